The van der Waals surface area contributed by atoms with E-state index in [-0.39, 0.29) is 6.61 Å². The van der Waals surface area contributed by atoms with Gasteiger partial charge in [-0.05, 0) is 25.3 Å². The number of para-hydroxylation sites is 1. The van der Waals surface area contributed by atoms with Crippen molar-refractivity contribution in [1.82, 2.24) is 5.32 Å². The molecule has 1 aliphatic carbocycles. The molecule has 2 N–H and O–H groups in total. The third-order valence-corrected chi connectivity index (χ3v) is 3.35. The van der Waals surface area contributed by atoms with Crippen LogP contribution < -0.4 is 10.1 Å². The Balaban J connectivity index is 1.82. The largest absolute Gasteiger partial charge is 0.491 e. The molecular weight excluding hydrogens is 226 g/mol. The highest BCUT2D eigenvalue weighted by atomic mass is 16.5. The quantitative estimate of drug-likeness (QED) is 0.743. The summed E-state index contributed by atoms with van der Waals surface area (Å²) in [6.45, 7) is 3.49. The maximum atomic E-state index is 8.80. The highest BCUT2D eigenvalue weighted by molar-refractivity contribution is 5.33. The Morgan fingerprint density at radius 3 is 2.89 bits per heavy atom. The molecule has 1 aromatic carbocycles. The lowest BCUT2D eigenvalue weighted by Gasteiger charge is -2.15. The molecule has 3 heteroatoms. The first kappa shape index (κ1) is 13.4. The molecule has 0 radical (unpaired) electrons. The topological polar surface area (TPSA) is 41.5 Å². The lowest BCUT2D eigenvalue weighted by molar-refractivity contribution is 0.200. The van der Waals surface area contributed by atoms with Crippen LogP contribution in [-0.4, -0.2) is 24.4 Å². The van der Waals surface area contributed by atoms with Gasteiger partial charge in [-0.1, -0.05) is 31.0 Å². The Bertz CT molecular complexity index is 363. The van der Waals surface area contributed by atoms with Gasteiger partial charge < -0.3 is 15.2 Å². The normalized spacial score (nSPS) is 16.6. The van der Waals surface area contributed by atoms with Gasteiger partial charge in [0.1, 0.15) is 12.4 Å². The summed E-state index contributed by atoms with van der Waals surface area (Å²) in [5.74, 6) is 1.83. The molecule has 0 heterocycles. The summed E-state index contributed by atoms with van der Waals surface area (Å²) < 4.78 is 5.52. The molecule has 1 unspecified atom stereocenters. The lowest BCUT2D eigenvalue weighted by atomic mass is 10.1. The second-order valence-electron chi connectivity index (χ2n) is 5.14. The van der Waals surface area contributed by atoms with Crippen molar-refractivity contribution in [2.45, 2.75) is 38.8 Å². The number of hydrogen-bond acceptors (Lipinski definition) is 3. The van der Waals surface area contributed by atoms with Crippen LogP contribution in [0, 0.1) is 5.92 Å². The van der Waals surface area contributed by atoms with E-state index in [4.69, 9.17) is 9.84 Å². The van der Waals surface area contributed by atoms with Gasteiger partial charge in [0.15, 0.2) is 0 Å². The Morgan fingerprint density at radius 2 is 2.17 bits per heavy atom. The molecule has 0 amide bonds. The number of ether oxygens (including phenoxy) is 1. The fourth-order valence-corrected chi connectivity index (χ4v) is 2.17. The number of aliphatic hydroxyl groups is 1. The van der Waals surface area contributed by atoms with Crippen LogP contribution in [0.15, 0.2) is 24.3 Å². The summed E-state index contributed by atoms with van der Waals surface area (Å²) in [5, 5.41) is 12.3. The first-order valence-corrected chi connectivity index (χ1v) is 6.84. The smallest absolute Gasteiger partial charge is 0.123 e. The number of nitrogens with one attached hydrogen (secondary N) is 1. The van der Waals surface area contributed by atoms with E-state index in [1.54, 1.807) is 0 Å². The van der Waals surface area contributed by atoms with Crippen molar-refractivity contribution in [2.75, 3.05) is 13.2 Å². The van der Waals surface area contributed by atoms with Crippen LogP contribution >= 0.6 is 0 Å². The predicted octanol–water partition coefficient (Wildman–Crippen LogP) is 2.34. The summed E-state index contributed by atoms with van der Waals surface area (Å²) in [5.41, 5.74) is 1.16. The van der Waals surface area contributed by atoms with Crippen molar-refractivity contribution in [3.8, 4) is 5.75 Å². The number of rotatable bonds is 8. The average molecular weight is 249 g/mol. The first-order chi connectivity index (χ1) is 8.79. The van der Waals surface area contributed by atoms with Crippen LogP contribution in [0.1, 0.15) is 31.7 Å². The molecule has 18 heavy (non-hydrogen) atoms. The summed E-state index contributed by atoms with van der Waals surface area (Å²) in [7, 11) is 0. The van der Waals surface area contributed by atoms with E-state index in [1.165, 1.54) is 19.3 Å². The Labute approximate surface area is 109 Å². The molecule has 100 valence electrons. The zero-order valence-corrected chi connectivity index (χ0v) is 11.1. The van der Waals surface area contributed by atoms with E-state index >= 15 is 0 Å². The molecule has 1 saturated carbocycles. The van der Waals surface area contributed by atoms with Crippen molar-refractivity contribution in [3.63, 3.8) is 0 Å². The molecule has 0 spiro atoms. The van der Waals surface area contributed by atoms with Gasteiger partial charge in [0.05, 0.1) is 6.61 Å². The van der Waals surface area contributed by atoms with Crippen molar-refractivity contribution in [1.29, 1.82) is 0 Å². The molecule has 0 aliphatic heterocycles. The molecule has 0 bridgehead atoms. The van der Waals surface area contributed by atoms with Crippen LogP contribution in [-0.2, 0) is 6.54 Å². The van der Waals surface area contributed by atoms with Crippen LogP contribution in [0.4, 0.5) is 0 Å². The van der Waals surface area contributed by atoms with Gasteiger partial charge in [-0.25, -0.2) is 0 Å². The fourth-order valence-electron chi connectivity index (χ4n) is 2.17. The SMILES string of the molecule is CC(CC1CC1)NCc1ccccc1OCCO. The molecular formula is C15H23NO2. The van der Waals surface area contributed by atoms with Gasteiger partial charge in [0.25, 0.3) is 0 Å². The minimum atomic E-state index is 0.0554. The van der Waals surface area contributed by atoms with E-state index in [0.717, 1.165) is 23.8 Å². The Kier molecular flexibility index (Phi) is 5.02. The number of aliphatic hydroxyl groups excluding tert-OH is 1. The average Bonchev–Trinajstić information content (AvgIpc) is 3.18. The van der Waals surface area contributed by atoms with Crippen molar-refractivity contribution >= 4 is 0 Å². The standard InChI is InChI=1S/C15H23NO2/c1-12(10-13-6-7-13)16-11-14-4-2-3-5-15(14)18-9-8-17/h2-5,12-13,16-17H,6-11H2,1H3. The fraction of sp³-hybridized carbons (Fsp3) is 0.600. The van der Waals surface area contributed by atoms with E-state index in [1.807, 2.05) is 18.2 Å². The van der Waals surface area contributed by atoms with E-state index in [0.29, 0.717) is 12.6 Å². The maximum Gasteiger partial charge on any atom is 0.123 e. The molecule has 0 saturated heterocycles. The molecule has 2 rings (SSSR count). The van der Waals surface area contributed by atoms with Crippen molar-refractivity contribution in [3.05, 3.63) is 29.8 Å². The van der Waals surface area contributed by atoms with Crippen LogP contribution in [0.3, 0.4) is 0 Å². The van der Waals surface area contributed by atoms with Gasteiger partial charge in [0.2, 0.25) is 0 Å². The lowest BCUT2D eigenvalue weighted by Crippen LogP contribution is -2.26. The van der Waals surface area contributed by atoms with Gasteiger partial charge in [-0.2, -0.15) is 0 Å². The monoisotopic (exact) mass is 249 g/mol. The summed E-state index contributed by atoms with van der Waals surface area (Å²) in [4.78, 5) is 0. The van der Waals surface area contributed by atoms with E-state index < -0.39 is 0 Å². The molecule has 3 nitrogen and oxygen atoms in total. The van der Waals surface area contributed by atoms with Gasteiger partial charge >= 0.3 is 0 Å². The minimum absolute atomic E-state index is 0.0554. The highest BCUT2D eigenvalue weighted by Gasteiger charge is 2.23. The molecule has 1 fully saturated rings. The highest BCUT2D eigenvalue weighted by Crippen LogP contribution is 2.33. The van der Waals surface area contributed by atoms with Crippen molar-refractivity contribution in [2.24, 2.45) is 5.92 Å². The molecule has 1 atom stereocenters. The molecule has 1 aromatic rings. The van der Waals surface area contributed by atoms with E-state index in [2.05, 4.69) is 18.3 Å². The number of hydrogen-bond donors (Lipinski definition) is 2. The predicted molar refractivity (Wildman–Crippen MR) is 72.7 cm³/mol. The summed E-state index contributed by atoms with van der Waals surface area (Å²) in [6.07, 6.45) is 4.09. The minimum Gasteiger partial charge on any atom is -0.491 e. The van der Waals surface area contributed by atoms with Crippen LogP contribution in [0.25, 0.3) is 0 Å². The van der Waals surface area contributed by atoms with Crippen LogP contribution in [0.5, 0.6) is 5.75 Å². The Hall–Kier alpha value is -1.06. The van der Waals surface area contributed by atoms with E-state index in [9.17, 15) is 0 Å². The zero-order valence-electron chi connectivity index (χ0n) is 11.1. The zero-order chi connectivity index (χ0) is 12.8. The van der Waals surface area contributed by atoms with Gasteiger partial charge in [-0.15, -0.1) is 0 Å². The van der Waals surface area contributed by atoms with Crippen molar-refractivity contribution < 1.29 is 9.84 Å². The third kappa shape index (κ3) is 4.31. The number of benzene rings is 1. The Morgan fingerprint density at radius 1 is 1.39 bits per heavy atom. The summed E-state index contributed by atoms with van der Waals surface area (Å²) >= 11 is 0. The summed E-state index contributed by atoms with van der Waals surface area (Å²) in [6, 6.07) is 8.57. The maximum absolute atomic E-state index is 8.80. The second-order valence-corrected chi connectivity index (χ2v) is 5.14. The second kappa shape index (κ2) is 6.76. The molecule has 0 aromatic heterocycles. The third-order valence-electron chi connectivity index (χ3n) is 3.35. The van der Waals surface area contributed by atoms with Gasteiger partial charge in [0, 0.05) is 18.2 Å². The van der Waals surface area contributed by atoms with Crippen LogP contribution in [0.2, 0.25) is 0 Å². The first-order valence-electron chi connectivity index (χ1n) is 6.84. The molecule has 1 aliphatic rings. The van der Waals surface area contributed by atoms with Gasteiger partial charge in [-0.3, -0.25) is 0 Å².